The summed E-state index contributed by atoms with van der Waals surface area (Å²) in [6, 6.07) is 1.44. The van der Waals surface area contributed by atoms with Crippen LogP contribution in [-0.2, 0) is 5.41 Å². The van der Waals surface area contributed by atoms with Crippen molar-refractivity contribution in [2.24, 2.45) is 0 Å². The van der Waals surface area contributed by atoms with Gasteiger partial charge in [0, 0.05) is 29.1 Å². The van der Waals surface area contributed by atoms with E-state index in [0.717, 1.165) is 22.4 Å². The van der Waals surface area contributed by atoms with Gasteiger partial charge in [0.25, 0.3) is 0 Å². The zero-order valence-electron chi connectivity index (χ0n) is 13.2. The first-order valence-corrected chi connectivity index (χ1v) is 8.99. The van der Waals surface area contributed by atoms with Crippen molar-refractivity contribution >= 4 is 28.1 Å². The topological polar surface area (TPSA) is 31.9 Å². The van der Waals surface area contributed by atoms with Crippen molar-refractivity contribution in [2.75, 3.05) is 7.05 Å². The summed E-state index contributed by atoms with van der Waals surface area (Å²) in [4.78, 5) is 10.9. The van der Waals surface area contributed by atoms with Crippen LogP contribution in [0.25, 0.3) is 0 Å². The number of halogens is 1. The smallest absolute Gasteiger partial charge is 0.144 e. The average molecular weight is 370 g/mol. The molecule has 0 saturated carbocycles. The summed E-state index contributed by atoms with van der Waals surface area (Å²) in [5, 5.41) is 0. The Balaban J connectivity index is 1.97. The normalized spacial score (nSPS) is 29.9. The zero-order chi connectivity index (χ0) is 15.4. The highest BCUT2D eigenvalue weighted by molar-refractivity contribution is 9.10. The van der Waals surface area contributed by atoms with Crippen LogP contribution in [0, 0.1) is 4.64 Å². The second-order valence-corrected chi connectivity index (χ2v) is 8.76. The molecule has 3 heterocycles. The van der Waals surface area contributed by atoms with Gasteiger partial charge in [-0.05, 0) is 48.7 Å². The molecule has 0 spiro atoms. The van der Waals surface area contributed by atoms with E-state index in [1.54, 1.807) is 0 Å². The molecule has 1 N–H and O–H groups in total. The molecule has 2 atom stereocenters. The molecule has 1 aromatic heterocycles. The lowest BCUT2D eigenvalue weighted by Gasteiger charge is -2.36. The molecule has 2 unspecified atom stereocenters. The van der Waals surface area contributed by atoms with Crippen LogP contribution in [0.4, 0.5) is 0 Å². The fraction of sp³-hybridized carbons (Fsp3) is 0.750. The summed E-state index contributed by atoms with van der Waals surface area (Å²) in [6.07, 6.45) is 5.08. The quantitative estimate of drug-likeness (QED) is 0.737. The maximum absolute atomic E-state index is 5.48. The minimum atomic E-state index is 0.0362. The number of hydrogen-bond donors (Lipinski definition) is 1. The summed E-state index contributed by atoms with van der Waals surface area (Å²) in [5.74, 6) is 1.62. The van der Waals surface area contributed by atoms with Crippen LogP contribution in [-0.4, -0.2) is 34.0 Å². The molecule has 2 saturated heterocycles. The maximum atomic E-state index is 5.48. The Hall–Kier alpha value is -0.260. The zero-order valence-corrected chi connectivity index (χ0v) is 15.6. The molecule has 0 aliphatic carbocycles. The molecule has 2 fully saturated rings. The van der Waals surface area contributed by atoms with Crippen molar-refractivity contribution < 1.29 is 0 Å². The summed E-state index contributed by atoms with van der Waals surface area (Å²) >= 11 is 9.09. The summed E-state index contributed by atoms with van der Waals surface area (Å²) in [7, 11) is 2.27. The van der Waals surface area contributed by atoms with E-state index in [1.807, 2.05) is 0 Å². The molecular weight excluding hydrogens is 346 g/mol. The van der Waals surface area contributed by atoms with Crippen molar-refractivity contribution in [2.45, 2.75) is 69.9 Å². The van der Waals surface area contributed by atoms with Crippen LogP contribution in [0.5, 0.6) is 0 Å². The highest BCUT2D eigenvalue weighted by atomic mass is 79.9. The van der Waals surface area contributed by atoms with Gasteiger partial charge in [-0.2, -0.15) is 0 Å². The summed E-state index contributed by atoms with van der Waals surface area (Å²) in [5.41, 5.74) is 1.21. The van der Waals surface area contributed by atoms with Crippen LogP contribution >= 0.6 is 28.1 Å². The van der Waals surface area contributed by atoms with Crippen molar-refractivity contribution in [1.29, 1.82) is 0 Å². The van der Waals surface area contributed by atoms with Crippen LogP contribution in [0.15, 0.2) is 4.47 Å². The molecular formula is C16H24BrN3S. The van der Waals surface area contributed by atoms with E-state index in [4.69, 9.17) is 12.2 Å². The lowest BCUT2D eigenvalue weighted by molar-refractivity contribution is 0.158. The number of H-pyrrole nitrogens is 1. The van der Waals surface area contributed by atoms with Gasteiger partial charge in [0.15, 0.2) is 0 Å². The molecule has 0 amide bonds. The Morgan fingerprint density at radius 1 is 1.24 bits per heavy atom. The molecule has 0 radical (unpaired) electrons. The van der Waals surface area contributed by atoms with Gasteiger partial charge in [0.2, 0.25) is 0 Å². The fourth-order valence-electron chi connectivity index (χ4n) is 3.82. The number of hydrogen-bond acceptors (Lipinski definition) is 3. The Kier molecular flexibility index (Phi) is 4.04. The van der Waals surface area contributed by atoms with Gasteiger partial charge in [-0.25, -0.2) is 4.98 Å². The van der Waals surface area contributed by atoms with Crippen molar-refractivity contribution in [1.82, 2.24) is 14.9 Å². The molecule has 3 nitrogen and oxygen atoms in total. The van der Waals surface area contributed by atoms with Crippen molar-refractivity contribution in [3.63, 3.8) is 0 Å². The number of nitrogens with one attached hydrogen (secondary N) is 1. The highest BCUT2D eigenvalue weighted by Gasteiger charge is 2.40. The molecule has 1 aromatic rings. The van der Waals surface area contributed by atoms with E-state index < -0.39 is 0 Å². The van der Waals surface area contributed by atoms with E-state index in [2.05, 4.69) is 58.6 Å². The van der Waals surface area contributed by atoms with Gasteiger partial charge in [0.1, 0.15) is 10.5 Å². The first-order valence-electron chi connectivity index (χ1n) is 7.79. The number of rotatable bonds is 1. The molecule has 0 aromatic carbocycles. The van der Waals surface area contributed by atoms with Crippen LogP contribution < -0.4 is 0 Å². The van der Waals surface area contributed by atoms with E-state index in [-0.39, 0.29) is 5.41 Å². The summed E-state index contributed by atoms with van der Waals surface area (Å²) in [6.45, 7) is 6.63. The Labute approximate surface area is 140 Å². The average Bonchev–Trinajstić information content (AvgIpc) is 2.63. The standard InChI is InChI=1S/C16H24BrN3S/c1-16(2,3)13-12(17)15(21)19-14(18-13)9-7-10-5-6-11(8-9)20(10)4/h9-11H,5-8H2,1-4H3,(H,18,19,21). The predicted octanol–water partition coefficient (Wildman–Crippen LogP) is 4.54. The number of piperidine rings is 1. The van der Waals surface area contributed by atoms with Gasteiger partial charge in [-0.15, -0.1) is 0 Å². The minimum Gasteiger partial charge on any atom is -0.345 e. The Morgan fingerprint density at radius 2 is 1.81 bits per heavy atom. The molecule has 116 valence electrons. The molecule has 5 heteroatoms. The molecule has 2 aliphatic heterocycles. The third kappa shape index (κ3) is 2.84. The van der Waals surface area contributed by atoms with Gasteiger partial charge >= 0.3 is 0 Å². The van der Waals surface area contributed by atoms with Crippen LogP contribution in [0.3, 0.4) is 0 Å². The first kappa shape index (κ1) is 15.6. The predicted molar refractivity (Wildman–Crippen MR) is 92.4 cm³/mol. The Bertz CT molecular complexity index is 591. The molecule has 3 rings (SSSR count). The SMILES string of the molecule is CN1C2CCC1CC(c1nc(=S)c(Br)c(C(C)(C)C)[nH]1)C2. The van der Waals surface area contributed by atoms with E-state index >= 15 is 0 Å². The van der Waals surface area contributed by atoms with Crippen LogP contribution in [0.1, 0.15) is 63.9 Å². The van der Waals surface area contributed by atoms with Crippen LogP contribution in [0.2, 0.25) is 0 Å². The largest absolute Gasteiger partial charge is 0.345 e. The Morgan fingerprint density at radius 3 is 2.33 bits per heavy atom. The van der Waals surface area contributed by atoms with E-state index in [0.29, 0.717) is 10.6 Å². The van der Waals surface area contributed by atoms with E-state index in [9.17, 15) is 0 Å². The van der Waals surface area contributed by atoms with Gasteiger partial charge in [0.05, 0.1) is 4.47 Å². The second-order valence-electron chi connectivity index (χ2n) is 7.58. The lowest BCUT2D eigenvalue weighted by Crippen LogP contribution is -2.39. The number of nitrogens with zero attached hydrogens (tertiary/aromatic N) is 2. The number of aromatic nitrogens is 2. The van der Waals surface area contributed by atoms with Gasteiger partial charge < -0.3 is 9.88 Å². The van der Waals surface area contributed by atoms with E-state index in [1.165, 1.54) is 31.4 Å². The minimum absolute atomic E-state index is 0.0362. The highest BCUT2D eigenvalue weighted by Crippen LogP contribution is 2.41. The number of fused-ring (bicyclic) bond motifs is 2. The molecule has 21 heavy (non-hydrogen) atoms. The number of aromatic amines is 1. The molecule has 2 aliphatic rings. The van der Waals surface area contributed by atoms with Crippen molar-refractivity contribution in [3.05, 3.63) is 20.6 Å². The van der Waals surface area contributed by atoms with Gasteiger partial charge in [-0.1, -0.05) is 33.0 Å². The third-order valence-corrected chi connectivity index (χ3v) is 6.45. The van der Waals surface area contributed by atoms with Crippen molar-refractivity contribution in [3.8, 4) is 0 Å². The lowest BCUT2D eigenvalue weighted by atomic mass is 9.89. The molecule has 2 bridgehead atoms. The fourth-order valence-corrected chi connectivity index (χ4v) is 4.80. The maximum Gasteiger partial charge on any atom is 0.144 e. The monoisotopic (exact) mass is 369 g/mol. The van der Waals surface area contributed by atoms with Gasteiger partial charge in [-0.3, -0.25) is 0 Å². The second kappa shape index (κ2) is 5.43. The third-order valence-electron chi connectivity index (χ3n) is 5.12. The summed E-state index contributed by atoms with van der Waals surface area (Å²) < 4.78 is 1.64. The first-order chi connectivity index (χ1) is 9.77.